The molecule has 5 rings (SSSR count). The van der Waals surface area contributed by atoms with Gasteiger partial charge in [-0.1, -0.05) is 0 Å². The van der Waals surface area contributed by atoms with E-state index in [1.165, 1.54) is 0 Å². The quantitative estimate of drug-likeness (QED) is 0.265. The lowest BCUT2D eigenvalue weighted by molar-refractivity contribution is 0.00564. The van der Waals surface area contributed by atoms with Gasteiger partial charge in [0.25, 0.3) is 5.91 Å². The molecule has 1 N–H and O–H groups in total. The molecule has 12 heteroatoms. The van der Waals surface area contributed by atoms with Crippen LogP contribution >= 0.6 is 0 Å². The van der Waals surface area contributed by atoms with E-state index in [2.05, 4.69) is 15.3 Å². The number of aryl methyl sites for hydroxylation is 2. The van der Waals surface area contributed by atoms with Gasteiger partial charge in [-0.15, -0.1) is 0 Å². The molecule has 1 saturated heterocycles. The van der Waals surface area contributed by atoms with E-state index >= 15 is 0 Å². The Morgan fingerprint density at radius 1 is 1.09 bits per heavy atom. The fraction of sp³-hybridized carbons (Fsp3) is 0.500. The highest BCUT2D eigenvalue weighted by atomic mass is 16.7. The average Bonchev–Trinajstić information content (AvgIpc) is 3.34. The molecule has 4 aromatic rings. The van der Waals surface area contributed by atoms with Crippen molar-refractivity contribution in [3.63, 3.8) is 0 Å². The molecule has 46 heavy (non-hydrogen) atoms. The highest BCUT2D eigenvalue weighted by Gasteiger charge is 2.36. The number of hydrogen-bond acceptors (Lipinski definition) is 9. The van der Waals surface area contributed by atoms with Crippen molar-refractivity contribution in [2.45, 2.75) is 79.1 Å². The number of benzene rings is 2. The van der Waals surface area contributed by atoms with E-state index < -0.39 is 5.60 Å². The summed E-state index contributed by atoms with van der Waals surface area (Å²) in [6.45, 7) is 16.7. The van der Waals surface area contributed by atoms with Crippen molar-refractivity contribution in [1.82, 2.24) is 30.0 Å². The van der Waals surface area contributed by atoms with Crippen molar-refractivity contribution in [1.29, 1.82) is 0 Å². The first-order valence-electron chi connectivity index (χ1n) is 15.6. The highest BCUT2D eigenvalue weighted by molar-refractivity contribution is 6.06. The van der Waals surface area contributed by atoms with E-state index in [1.54, 1.807) is 11.8 Å². The molecule has 0 radical (unpaired) electrons. The number of anilines is 1. The first-order chi connectivity index (χ1) is 21.7. The van der Waals surface area contributed by atoms with Gasteiger partial charge in [-0.2, -0.15) is 5.10 Å². The van der Waals surface area contributed by atoms with Crippen LogP contribution in [0, 0.1) is 6.92 Å². The molecule has 0 saturated carbocycles. The number of ether oxygens (including phenoxy) is 3. The van der Waals surface area contributed by atoms with Gasteiger partial charge in [0, 0.05) is 61.5 Å². The van der Waals surface area contributed by atoms with Gasteiger partial charge in [-0.25, -0.2) is 14.8 Å². The number of aromatic nitrogens is 4. The van der Waals surface area contributed by atoms with Crippen molar-refractivity contribution in [3.8, 4) is 17.1 Å². The third kappa shape index (κ3) is 6.72. The Bertz CT molecular complexity index is 1770. The topological polar surface area (TPSA) is 124 Å². The molecule has 0 aliphatic carbocycles. The first kappa shape index (κ1) is 32.9. The molecule has 0 bridgehead atoms. The summed E-state index contributed by atoms with van der Waals surface area (Å²) < 4.78 is 18.7. The zero-order valence-electron chi connectivity index (χ0n) is 28.5. The van der Waals surface area contributed by atoms with Crippen LogP contribution in [0.1, 0.15) is 64.5 Å². The van der Waals surface area contributed by atoms with Crippen LogP contribution in [0.5, 0.6) is 5.75 Å². The predicted molar refractivity (Wildman–Crippen MR) is 178 cm³/mol. The smallest absolute Gasteiger partial charge is 0.410 e. The fourth-order valence-corrected chi connectivity index (χ4v) is 6.05. The molecule has 246 valence electrons. The van der Waals surface area contributed by atoms with Gasteiger partial charge in [-0.05, 0) is 79.7 Å². The molecule has 1 aliphatic rings. The molecule has 0 unspecified atom stereocenters. The summed E-state index contributed by atoms with van der Waals surface area (Å²) in [5.74, 6) is 0.614. The van der Waals surface area contributed by atoms with Gasteiger partial charge in [0.15, 0.2) is 12.6 Å². The average molecular weight is 632 g/mol. The zero-order chi connectivity index (χ0) is 33.5. The second-order valence-electron chi connectivity index (χ2n) is 13.4. The van der Waals surface area contributed by atoms with E-state index in [9.17, 15) is 9.59 Å². The molecular weight excluding hydrogens is 586 g/mol. The predicted octanol–water partition coefficient (Wildman–Crippen LogP) is 5.45. The fourth-order valence-electron chi connectivity index (χ4n) is 6.05. The highest BCUT2D eigenvalue weighted by Crippen LogP contribution is 2.38. The van der Waals surface area contributed by atoms with Crippen LogP contribution in [0.3, 0.4) is 0 Å². The van der Waals surface area contributed by atoms with Gasteiger partial charge in [0.1, 0.15) is 17.0 Å². The SMILES string of the molecule is COCOc1c(-c2nc(C(=O)NC(C)C)c3cc(N4C[C@@H](C)N(C(=O)OC(C)(C)C)[C@@H](C)C4)ccc3n2)cc2cn(C)nc2c1C. The standard InChI is InChI=1S/C34H45N7O5/c1-19(2)35-32(42)29-25-14-24(40-15-20(3)41(21(4)16-40)33(43)46-34(6,7)8)11-12-27(25)36-31(37-29)26-13-23-17-39(9)38-28(23)22(5)30(26)45-18-44-10/h11-14,17,19-21H,15-16,18H2,1-10H3,(H,35,42)/t20-,21+. The van der Waals surface area contributed by atoms with Gasteiger partial charge in [0.05, 0.1) is 28.7 Å². The molecule has 2 atom stereocenters. The Balaban J connectivity index is 1.59. The summed E-state index contributed by atoms with van der Waals surface area (Å²) in [6, 6.07) is 7.55. The van der Waals surface area contributed by atoms with E-state index in [-0.39, 0.29) is 42.6 Å². The van der Waals surface area contributed by atoms with Crippen molar-refractivity contribution in [3.05, 3.63) is 41.7 Å². The number of methoxy groups -OCH3 is 1. The number of nitrogens with zero attached hydrogens (tertiary/aromatic N) is 6. The number of nitrogens with one attached hydrogen (secondary N) is 1. The van der Waals surface area contributed by atoms with Crippen LogP contribution in [0.15, 0.2) is 30.5 Å². The number of piperazine rings is 1. The number of carbonyl (C=O) groups excluding carboxylic acids is 2. The maximum atomic E-state index is 13.7. The normalized spacial score (nSPS) is 17.2. The number of rotatable bonds is 7. The van der Waals surface area contributed by atoms with Crippen LogP contribution in [0.4, 0.5) is 10.5 Å². The van der Waals surface area contributed by atoms with Crippen molar-refractivity contribution in [2.75, 3.05) is 31.9 Å². The molecule has 3 heterocycles. The third-order valence-electron chi connectivity index (χ3n) is 7.86. The summed E-state index contributed by atoms with van der Waals surface area (Å²) in [4.78, 5) is 40.5. The Morgan fingerprint density at radius 3 is 2.41 bits per heavy atom. The van der Waals surface area contributed by atoms with E-state index in [1.807, 2.05) is 97.8 Å². The van der Waals surface area contributed by atoms with E-state index in [4.69, 9.17) is 24.2 Å². The van der Waals surface area contributed by atoms with Gasteiger partial charge in [0.2, 0.25) is 0 Å². The molecule has 1 fully saturated rings. The summed E-state index contributed by atoms with van der Waals surface area (Å²) in [6.07, 6.45) is 1.61. The largest absolute Gasteiger partial charge is 0.466 e. The second kappa shape index (κ2) is 12.7. The summed E-state index contributed by atoms with van der Waals surface area (Å²) in [7, 11) is 3.43. The van der Waals surface area contributed by atoms with Crippen LogP contribution in [0.2, 0.25) is 0 Å². The molecule has 2 aromatic carbocycles. The lowest BCUT2D eigenvalue weighted by Gasteiger charge is -2.45. The van der Waals surface area contributed by atoms with Crippen LogP contribution < -0.4 is 15.0 Å². The lowest BCUT2D eigenvalue weighted by Crippen LogP contribution is -2.59. The van der Waals surface area contributed by atoms with Crippen LogP contribution in [-0.2, 0) is 16.5 Å². The summed E-state index contributed by atoms with van der Waals surface area (Å²) >= 11 is 0. The van der Waals surface area contributed by atoms with Crippen LogP contribution in [0.25, 0.3) is 33.2 Å². The van der Waals surface area contributed by atoms with Crippen molar-refractivity contribution >= 4 is 39.5 Å². The molecular formula is C34H45N7O5. The van der Waals surface area contributed by atoms with Crippen LogP contribution in [-0.4, -0.2) is 87.4 Å². The lowest BCUT2D eigenvalue weighted by atomic mass is 10.0. The zero-order valence-corrected chi connectivity index (χ0v) is 28.5. The number of fused-ring (bicyclic) bond motifs is 2. The summed E-state index contributed by atoms with van der Waals surface area (Å²) in [5, 5.41) is 9.14. The first-order valence-corrected chi connectivity index (χ1v) is 15.6. The minimum atomic E-state index is -0.573. The third-order valence-corrected chi connectivity index (χ3v) is 7.86. The van der Waals surface area contributed by atoms with E-state index in [0.717, 1.165) is 22.2 Å². The van der Waals surface area contributed by atoms with Gasteiger partial charge >= 0.3 is 6.09 Å². The maximum Gasteiger partial charge on any atom is 0.410 e. The molecule has 0 spiro atoms. The minimum Gasteiger partial charge on any atom is -0.466 e. The number of carbonyl (C=O) groups is 2. The monoisotopic (exact) mass is 631 g/mol. The Hall–Kier alpha value is -4.45. The number of amides is 2. The summed E-state index contributed by atoms with van der Waals surface area (Å²) in [5.41, 5.74) is 3.50. The molecule has 2 aromatic heterocycles. The molecule has 12 nitrogen and oxygen atoms in total. The van der Waals surface area contributed by atoms with Gasteiger partial charge in [-0.3, -0.25) is 14.4 Å². The Morgan fingerprint density at radius 2 is 1.78 bits per heavy atom. The minimum absolute atomic E-state index is 0.0296. The molecule has 2 amide bonds. The van der Waals surface area contributed by atoms with Crippen molar-refractivity contribution in [2.24, 2.45) is 7.05 Å². The van der Waals surface area contributed by atoms with E-state index in [0.29, 0.717) is 41.1 Å². The Labute approximate surface area is 270 Å². The Kier molecular flexibility index (Phi) is 9.12. The second-order valence-corrected chi connectivity index (χ2v) is 13.4. The number of hydrogen-bond donors (Lipinski definition) is 1. The molecule has 1 aliphatic heterocycles. The maximum absolute atomic E-state index is 13.7. The van der Waals surface area contributed by atoms with Crippen molar-refractivity contribution < 1.29 is 23.8 Å². The van der Waals surface area contributed by atoms with Gasteiger partial charge < -0.3 is 24.4 Å².